The van der Waals surface area contributed by atoms with Crippen molar-refractivity contribution >= 4 is 59.0 Å². The van der Waals surface area contributed by atoms with E-state index in [-0.39, 0.29) is 0 Å². The van der Waals surface area contributed by atoms with Gasteiger partial charge in [-0.2, -0.15) is 0 Å². The highest BCUT2D eigenvalue weighted by Gasteiger charge is 2.11. The summed E-state index contributed by atoms with van der Waals surface area (Å²) in [6, 6.07) is 8.98. The van der Waals surface area contributed by atoms with Crippen LogP contribution < -0.4 is 0 Å². The molecule has 24 heavy (non-hydrogen) atoms. The molecule has 0 bridgehead atoms. The van der Waals surface area contributed by atoms with Crippen LogP contribution in [0, 0.1) is 22.9 Å². The van der Waals surface area contributed by atoms with E-state index < -0.39 is 16.1 Å². The summed E-state index contributed by atoms with van der Waals surface area (Å²) in [7, 11) is -2.67. The van der Waals surface area contributed by atoms with E-state index >= 15 is 0 Å². The lowest BCUT2D eigenvalue weighted by Gasteiger charge is -2.02. The first-order chi connectivity index (χ1) is 11.1. The number of thiophene rings is 2. The topological polar surface area (TPSA) is 0 Å². The Bertz CT molecular complexity index is 947. The molecular formula is C20H22S2Si2. The van der Waals surface area contributed by atoms with Gasteiger partial charge in [-0.25, -0.2) is 0 Å². The first-order valence-corrected chi connectivity index (χ1v) is 16.8. The van der Waals surface area contributed by atoms with Crippen LogP contribution in [0.25, 0.3) is 20.2 Å². The molecule has 3 aromatic rings. The Kier molecular flexibility index (Phi) is 4.53. The largest absolute Gasteiger partial charge is 0.129 e. The van der Waals surface area contributed by atoms with Crippen LogP contribution >= 0.6 is 22.7 Å². The number of hydrogen-bond acceptors (Lipinski definition) is 2. The van der Waals surface area contributed by atoms with Crippen molar-refractivity contribution < 1.29 is 0 Å². The molecule has 0 spiro atoms. The second-order valence-electron chi connectivity index (χ2n) is 8.11. The minimum Gasteiger partial charge on any atom is -0.127 e. The van der Waals surface area contributed by atoms with Gasteiger partial charge in [0.2, 0.25) is 0 Å². The van der Waals surface area contributed by atoms with Gasteiger partial charge in [-0.05, 0) is 24.3 Å². The summed E-state index contributed by atoms with van der Waals surface area (Å²) in [4.78, 5) is 2.36. The Morgan fingerprint density at radius 2 is 1.04 bits per heavy atom. The zero-order valence-corrected chi connectivity index (χ0v) is 18.8. The number of hydrogen-bond donors (Lipinski definition) is 0. The number of fused-ring (bicyclic) bond motifs is 3. The van der Waals surface area contributed by atoms with Crippen LogP contribution in [-0.4, -0.2) is 16.1 Å². The quantitative estimate of drug-likeness (QED) is 0.304. The van der Waals surface area contributed by atoms with Gasteiger partial charge in [-0.1, -0.05) is 51.1 Å². The lowest BCUT2D eigenvalue weighted by Crippen LogP contribution is -2.16. The maximum atomic E-state index is 3.47. The molecule has 0 aliphatic carbocycles. The Morgan fingerprint density at radius 1 is 0.667 bits per heavy atom. The first-order valence-electron chi connectivity index (χ1n) is 8.13. The van der Waals surface area contributed by atoms with Gasteiger partial charge in [0.15, 0.2) is 0 Å². The van der Waals surface area contributed by atoms with Gasteiger partial charge in [0.1, 0.15) is 16.1 Å². The summed E-state index contributed by atoms with van der Waals surface area (Å²) in [5, 5.41) is 2.66. The van der Waals surface area contributed by atoms with E-state index in [1.54, 1.807) is 22.7 Å². The van der Waals surface area contributed by atoms with Gasteiger partial charge in [0.05, 0.1) is 9.75 Å². The van der Waals surface area contributed by atoms with Gasteiger partial charge in [-0.3, -0.25) is 0 Å². The molecule has 2 aromatic heterocycles. The average molecular weight is 383 g/mol. The van der Waals surface area contributed by atoms with Crippen LogP contribution in [0.3, 0.4) is 0 Å². The van der Waals surface area contributed by atoms with Gasteiger partial charge in [0, 0.05) is 20.2 Å². The summed E-state index contributed by atoms with van der Waals surface area (Å²) < 4.78 is 2.65. The van der Waals surface area contributed by atoms with Crippen LogP contribution in [0.2, 0.25) is 39.3 Å². The molecular weight excluding hydrogens is 361 g/mol. The minimum absolute atomic E-state index is 1.18. The summed E-state index contributed by atoms with van der Waals surface area (Å²) in [6.07, 6.45) is 0. The monoisotopic (exact) mass is 382 g/mol. The second kappa shape index (κ2) is 6.20. The molecule has 4 heteroatoms. The average Bonchev–Trinajstić information content (AvgIpc) is 3.04. The zero-order valence-electron chi connectivity index (χ0n) is 15.1. The van der Waals surface area contributed by atoms with Crippen molar-refractivity contribution in [2.75, 3.05) is 0 Å². The Morgan fingerprint density at radius 3 is 1.38 bits per heavy atom. The van der Waals surface area contributed by atoms with Crippen LogP contribution in [0.5, 0.6) is 0 Å². The van der Waals surface area contributed by atoms with Crippen molar-refractivity contribution in [1.82, 2.24) is 0 Å². The van der Waals surface area contributed by atoms with E-state index in [1.165, 1.54) is 29.9 Å². The molecule has 0 unspecified atom stereocenters. The summed E-state index contributed by atoms with van der Waals surface area (Å²) >= 11 is 3.61. The van der Waals surface area contributed by atoms with E-state index in [0.29, 0.717) is 0 Å². The molecule has 0 N–H and O–H groups in total. The zero-order chi connectivity index (χ0) is 17.5. The highest BCUT2D eigenvalue weighted by Crippen LogP contribution is 2.36. The molecule has 0 radical (unpaired) electrons. The van der Waals surface area contributed by atoms with Crippen LogP contribution in [0.4, 0.5) is 0 Å². The lowest BCUT2D eigenvalue weighted by atomic mass is 10.1. The predicted octanol–water partition coefficient (Wildman–Crippen LogP) is 6.57. The third-order valence-corrected chi connectivity index (χ3v) is 7.10. The molecule has 0 saturated heterocycles. The molecule has 0 aliphatic heterocycles. The fourth-order valence-electron chi connectivity index (χ4n) is 2.25. The van der Waals surface area contributed by atoms with Crippen molar-refractivity contribution in [2.24, 2.45) is 0 Å². The van der Waals surface area contributed by atoms with Gasteiger partial charge < -0.3 is 0 Å². The van der Waals surface area contributed by atoms with Crippen molar-refractivity contribution in [3.05, 3.63) is 34.0 Å². The van der Waals surface area contributed by atoms with Crippen LogP contribution in [-0.2, 0) is 0 Å². The van der Waals surface area contributed by atoms with E-state index in [2.05, 4.69) is 86.5 Å². The maximum absolute atomic E-state index is 3.47. The van der Waals surface area contributed by atoms with Crippen molar-refractivity contribution in [3.63, 3.8) is 0 Å². The van der Waals surface area contributed by atoms with E-state index in [0.717, 1.165) is 0 Å². The number of benzene rings is 1. The van der Waals surface area contributed by atoms with Gasteiger partial charge >= 0.3 is 0 Å². The standard InChI is InChI=1S/C20H22S2Si2/c1-23(2,3)11-9-15-13-17-18-14-16(10-12-24(4,5)6)22-20(18)8-7-19(17)21-15/h7-8,13-14H,1-6H3. The Labute approximate surface area is 154 Å². The summed E-state index contributed by atoms with van der Waals surface area (Å²) in [5.74, 6) is 6.80. The smallest absolute Gasteiger partial charge is 0.127 e. The maximum Gasteiger partial charge on any atom is 0.129 e. The molecule has 1 aromatic carbocycles. The van der Waals surface area contributed by atoms with E-state index in [1.807, 2.05) is 0 Å². The third kappa shape index (κ3) is 4.20. The molecule has 122 valence electrons. The van der Waals surface area contributed by atoms with Gasteiger partial charge in [0.25, 0.3) is 0 Å². The molecule has 0 fully saturated rings. The normalized spacial score (nSPS) is 11.9. The van der Waals surface area contributed by atoms with E-state index in [9.17, 15) is 0 Å². The minimum atomic E-state index is -1.33. The highest BCUT2D eigenvalue weighted by atomic mass is 32.1. The lowest BCUT2D eigenvalue weighted by molar-refractivity contribution is 1.81. The molecule has 0 nitrogen and oxygen atoms in total. The van der Waals surface area contributed by atoms with Gasteiger partial charge in [-0.15, -0.1) is 33.8 Å². The molecule has 0 aliphatic rings. The Hall–Kier alpha value is -1.31. The fraction of sp³-hybridized carbons (Fsp3) is 0.300. The third-order valence-electron chi connectivity index (χ3n) is 3.32. The fourth-order valence-corrected chi connectivity index (χ4v) is 5.31. The second-order valence-corrected chi connectivity index (χ2v) is 19.8. The van der Waals surface area contributed by atoms with Crippen molar-refractivity contribution in [3.8, 4) is 22.9 Å². The summed E-state index contributed by atoms with van der Waals surface area (Å²) in [5.41, 5.74) is 6.95. The molecule has 3 rings (SSSR count). The molecule has 0 atom stereocenters. The SMILES string of the molecule is C[Si](C)(C)C#Cc1cc2c(ccc3sc(C#C[Si](C)(C)C)cc32)s1. The Balaban J connectivity index is 2.09. The van der Waals surface area contributed by atoms with Crippen molar-refractivity contribution in [1.29, 1.82) is 0 Å². The van der Waals surface area contributed by atoms with Crippen LogP contribution in [0.15, 0.2) is 24.3 Å². The van der Waals surface area contributed by atoms with E-state index in [4.69, 9.17) is 0 Å². The predicted molar refractivity (Wildman–Crippen MR) is 118 cm³/mol. The molecule has 0 amide bonds. The highest BCUT2D eigenvalue weighted by molar-refractivity contribution is 7.21. The van der Waals surface area contributed by atoms with Crippen molar-refractivity contribution in [2.45, 2.75) is 39.3 Å². The molecule has 0 saturated carbocycles. The number of rotatable bonds is 0. The van der Waals surface area contributed by atoms with Crippen LogP contribution in [0.1, 0.15) is 9.75 Å². The summed E-state index contributed by atoms with van der Waals surface area (Å²) in [6.45, 7) is 13.7. The first kappa shape index (κ1) is 17.5. The molecule has 2 heterocycles.